The molecule has 3 aliphatic rings. The van der Waals surface area contributed by atoms with E-state index in [4.69, 9.17) is 0 Å². The summed E-state index contributed by atoms with van der Waals surface area (Å²) in [5.74, 6) is 0.117. The van der Waals surface area contributed by atoms with Crippen LogP contribution in [0.3, 0.4) is 0 Å². The molecule has 3 aliphatic carbocycles. The SMILES string of the molecule is Cc1ccc(-c2cnc(NC(=O)C3(C)CC4(C#N)c5ccccc5C3c3ccccc34)[nH]2)c2ccccc12. The predicted molar refractivity (Wildman–Crippen MR) is 149 cm³/mol. The van der Waals surface area contributed by atoms with Crippen molar-refractivity contribution in [3.8, 4) is 17.3 Å². The van der Waals surface area contributed by atoms with Crippen LogP contribution >= 0.6 is 0 Å². The van der Waals surface area contributed by atoms with E-state index in [1.807, 2.05) is 55.5 Å². The number of fused-ring (bicyclic) bond motifs is 2. The molecule has 0 radical (unpaired) electrons. The zero-order valence-electron chi connectivity index (χ0n) is 21.2. The van der Waals surface area contributed by atoms with Crippen LogP contribution in [0.1, 0.15) is 47.1 Å². The van der Waals surface area contributed by atoms with Crippen LogP contribution in [-0.2, 0) is 10.2 Å². The summed E-state index contributed by atoms with van der Waals surface area (Å²) in [6.07, 6.45) is 2.18. The molecule has 0 fully saturated rings. The van der Waals surface area contributed by atoms with Gasteiger partial charge in [0.2, 0.25) is 11.9 Å². The summed E-state index contributed by atoms with van der Waals surface area (Å²) in [5.41, 5.74) is 5.54. The van der Waals surface area contributed by atoms with E-state index in [-0.39, 0.29) is 11.8 Å². The van der Waals surface area contributed by atoms with Gasteiger partial charge < -0.3 is 4.98 Å². The molecule has 2 N–H and O–H groups in total. The summed E-state index contributed by atoms with van der Waals surface area (Å²) in [5, 5.41) is 16.0. The van der Waals surface area contributed by atoms with Crippen molar-refractivity contribution in [2.45, 2.75) is 31.6 Å². The van der Waals surface area contributed by atoms with E-state index in [9.17, 15) is 10.1 Å². The van der Waals surface area contributed by atoms with Crippen molar-refractivity contribution < 1.29 is 4.79 Å². The van der Waals surface area contributed by atoms with Crippen molar-refractivity contribution in [2.24, 2.45) is 5.41 Å². The lowest BCUT2D eigenvalue weighted by Crippen LogP contribution is -2.53. The number of H-pyrrole nitrogens is 1. The minimum Gasteiger partial charge on any atom is -0.324 e. The number of hydrogen-bond donors (Lipinski definition) is 2. The standard InChI is InChI=1S/C33H26N4O/c1-20-15-16-23(22-10-4-3-9-21(20)22)28-17-35-31(36-28)37-30(38)32(2)18-33(19-34)26-13-7-5-11-24(26)29(32)25-12-6-8-14-27(25)33/h3-17,29H,18H2,1-2H3,(H2,35,36,37,38). The molecular formula is C33H26N4O. The third-order valence-electron chi connectivity index (χ3n) is 8.68. The third kappa shape index (κ3) is 2.92. The van der Waals surface area contributed by atoms with Gasteiger partial charge in [0.15, 0.2) is 0 Å². The number of hydrogen-bond acceptors (Lipinski definition) is 3. The molecule has 5 aromatic rings. The highest BCUT2D eigenvalue weighted by Crippen LogP contribution is 2.63. The molecule has 4 aromatic carbocycles. The van der Waals surface area contributed by atoms with E-state index in [0.29, 0.717) is 12.4 Å². The topological polar surface area (TPSA) is 81.6 Å². The van der Waals surface area contributed by atoms with Gasteiger partial charge in [0.25, 0.3) is 0 Å². The second kappa shape index (κ2) is 7.90. The highest BCUT2D eigenvalue weighted by molar-refractivity contribution is 5.99. The Balaban J connectivity index is 1.28. The van der Waals surface area contributed by atoms with Crippen LogP contribution in [-0.4, -0.2) is 15.9 Å². The minimum absolute atomic E-state index is 0.138. The van der Waals surface area contributed by atoms with Gasteiger partial charge >= 0.3 is 0 Å². The first kappa shape index (κ1) is 22.5. The van der Waals surface area contributed by atoms with Crippen molar-refractivity contribution in [1.29, 1.82) is 5.26 Å². The molecule has 5 nitrogen and oxygen atoms in total. The summed E-state index contributed by atoms with van der Waals surface area (Å²) in [6, 6.07) is 31.3. The molecule has 1 amide bonds. The number of nitrogens with zero attached hydrogens (tertiary/aromatic N) is 2. The van der Waals surface area contributed by atoms with Gasteiger partial charge in [-0.05, 0) is 58.9 Å². The highest BCUT2D eigenvalue weighted by atomic mass is 16.2. The van der Waals surface area contributed by atoms with Gasteiger partial charge in [-0.2, -0.15) is 5.26 Å². The van der Waals surface area contributed by atoms with Crippen molar-refractivity contribution in [3.05, 3.63) is 119 Å². The van der Waals surface area contributed by atoms with E-state index in [0.717, 1.165) is 38.9 Å². The zero-order valence-corrected chi connectivity index (χ0v) is 21.2. The molecule has 0 saturated carbocycles. The van der Waals surface area contributed by atoms with Crippen molar-refractivity contribution in [3.63, 3.8) is 0 Å². The highest BCUT2D eigenvalue weighted by Gasteiger charge is 2.61. The Morgan fingerprint density at radius 1 is 0.947 bits per heavy atom. The van der Waals surface area contributed by atoms with Gasteiger partial charge in [-0.1, -0.05) is 84.9 Å². The Bertz CT molecular complexity index is 1760. The molecule has 1 atom stereocenters. The van der Waals surface area contributed by atoms with Crippen LogP contribution in [0.2, 0.25) is 0 Å². The maximum absolute atomic E-state index is 14.1. The maximum atomic E-state index is 14.1. The number of carbonyl (C=O) groups is 1. The number of nitriles is 1. The van der Waals surface area contributed by atoms with Crippen LogP contribution in [0.15, 0.2) is 91.1 Å². The van der Waals surface area contributed by atoms with Crippen LogP contribution in [0, 0.1) is 23.7 Å². The van der Waals surface area contributed by atoms with Crippen molar-refractivity contribution in [2.75, 3.05) is 5.32 Å². The average Bonchev–Trinajstić information content (AvgIpc) is 3.41. The number of benzene rings is 4. The summed E-state index contributed by atoms with van der Waals surface area (Å²) >= 11 is 0. The average molecular weight is 495 g/mol. The number of nitrogens with one attached hydrogen (secondary N) is 2. The Morgan fingerprint density at radius 2 is 1.58 bits per heavy atom. The third-order valence-corrected chi connectivity index (χ3v) is 8.68. The van der Waals surface area contributed by atoms with Crippen LogP contribution in [0.5, 0.6) is 0 Å². The van der Waals surface area contributed by atoms with Gasteiger partial charge in [0.1, 0.15) is 5.41 Å². The molecule has 1 heterocycles. The smallest absolute Gasteiger partial charge is 0.233 e. The summed E-state index contributed by atoms with van der Waals surface area (Å²) in [4.78, 5) is 21.9. The number of carbonyl (C=O) groups excluding carboxylic acids is 1. The lowest BCUT2D eigenvalue weighted by molar-refractivity contribution is -0.127. The van der Waals surface area contributed by atoms with E-state index in [2.05, 4.69) is 64.7 Å². The number of rotatable bonds is 3. The van der Waals surface area contributed by atoms with Crippen molar-refractivity contribution >= 4 is 22.6 Å². The molecule has 0 aliphatic heterocycles. The van der Waals surface area contributed by atoms with Gasteiger partial charge in [-0.3, -0.25) is 10.1 Å². The molecule has 38 heavy (non-hydrogen) atoms. The number of anilines is 1. The minimum atomic E-state index is -0.872. The lowest BCUT2D eigenvalue weighted by Gasteiger charge is -2.54. The Morgan fingerprint density at radius 3 is 2.26 bits per heavy atom. The van der Waals surface area contributed by atoms with Crippen LogP contribution in [0.4, 0.5) is 5.95 Å². The first-order valence-corrected chi connectivity index (χ1v) is 12.9. The number of aryl methyl sites for hydroxylation is 1. The zero-order chi connectivity index (χ0) is 26.1. The molecule has 5 heteroatoms. The van der Waals surface area contributed by atoms with Gasteiger partial charge in [-0.15, -0.1) is 0 Å². The Labute approximate surface area is 221 Å². The molecular weight excluding hydrogens is 468 g/mol. The second-order valence-electron chi connectivity index (χ2n) is 10.8. The van der Waals surface area contributed by atoms with Crippen molar-refractivity contribution in [1.82, 2.24) is 9.97 Å². The number of imidazole rings is 1. The van der Waals surface area contributed by atoms with Gasteiger partial charge in [0.05, 0.1) is 23.4 Å². The first-order valence-electron chi connectivity index (χ1n) is 12.9. The molecule has 8 rings (SSSR count). The molecule has 0 saturated heterocycles. The number of aromatic nitrogens is 2. The maximum Gasteiger partial charge on any atom is 0.233 e. The van der Waals surface area contributed by atoms with E-state index in [1.165, 1.54) is 10.9 Å². The number of aromatic amines is 1. The fourth-order valence-electron chi connectivity index (χ4n) is 6.95. The first-order chi connectivity index (χ1) is 18.5. The Kier molecular flexibility index (Phi) is 4.68. The monoisotopic (exact) mass is 494 g/mol. The molecule has 184 valence electrons. The van der Waals surface area contributed by atoms with E-state index in [1.54, 1.807) is 6.20 Å². The van der Waals surface area contributed by atoms with Crippen LogP contribution in [0.25, 0.3) is 22.0 Å². The Hall–Kier alpha value is -4.69. The second-order valence-corrected chi connectivity index (χ2v) is 10.8. The molecule has 2 bridgehead atoms. The summed E-state index contributed by atoms with van der Waals surface area (Å²) in [6.45, 7) is 4.09. The van der Waals surface area contributed by atoms with E-state index < -0.39 is 10.8 Å². The quantitative estimate of drug-likeness (QED) is 0.288. The fourth-order valence-corrected chi connectivity index (χ4v) is 6.95. The number of amides is 1. The fraction of sp³-hybridized carbons (Fsp3) is 0.182. The lowest BCUT2D eigenvalue weighted by atomic mass is 9.47. The van der Waals surface area contributed by atoms with E-state index >= 15 is 0 Å². The van der Waals surface area contributed by atoms with Gasteiger partial charge in [-0.25, -0.2) is 4.98 Å². The molecule has 0 spiro atoms. The molecule has 1 aromatic heterocycles. The molecule has 1 unspecified atom stereocenters. The predicted octanol–water partition coefficient (Wildman–Crippen LogP) is 6.84. The summed E-state index contributed by atoms with van der Waals surface area (Å²) < 4.78 is 0. The largest absolute Gasteiger partial charge is 0.324 e. The van der Waals surface area contributed by atoms with Gasteiger partial charge in [0, 0.05) is 11.5 Å². The summed E-state index contributed by atoms with van der Waals surface area (Å²) in [7, 11) is 0. The van der Waals surface area contributed by atoms with Crippen LogP contribution < -0.4 is 5.32 Å². The normalized spacial score (nSPS) is 22.9.